The minimum absolute atomic E-state index is 0.0206. The van der Waals surface area contributed by atoms with Gasteiger partial charge in [-0.2, -0.15) is 0 Å². The minimum Gasteiger partial charge on any atom is -0.298 e. The molecule has 0 spiro atoms. The fourth-order valence-electron chi connectivity index (χ4n) is 3.52. The molecule has 1 aliphatic rings. The Morgan fingerprint density at radius 3 is 2.57 bits per heavy atom. The predicted molar refractivity (Wildman–Crippen MR) is 111 cm³/mol. The van der Waals surface area contributed by atoms with Gasteiger partial charge < -0.3 is 0 Å². The highest BCUT2D eigenvalue weighted by atomic mass is 16.1. The van der Waals surface area contributed by atoms with Gasteiger partial charge in [-0.3, -0.25) is 24.1 Å². The summed E-state index contributed by atoms with van der Waals surface area (Å²) in [6, 6.07) is 10.4. The lowest BCUT2D eigenvalue weighted by Crippen LogP contribution is -2.47. The van der Waals surface area contributed by atoms with Crippen molar-refractivity contribution in [2.24, 2.45) is 0 Å². The second-order valence-electron chi connectivity index (χ2n) is 7.53. The fraction of sp³-hybridized carbons (Fsp3) is 0.318. The third-order valence-corrected chi connectivity index (χ3v) is 5.47. The molecule has 6 nitrogen and oxygen atoms in total. The molecule has 0 unspecified atom stereocenters. The van der Waals surface area contributed by atoms with E-state index >= 15 is 0 Å². The van der Waals surface area contributed by atoms with Crippen molar-refractivity contribution in [1.82, 2.24) is 19.4 Å². The molecular formula is C22H25N5O. The molecule has 28 heavy (non-hydrogen) atoms. The van der Waals surface area contributed by atoms with Crippen LogP contribution in [0, 0.1) is 27.7 Å². The minimum atomic E-state index is 0.0206. The summed E-state index contributed by atoms with van der Waals surface area (Å²) in [5, 5.41) is 0. The molecule has 0 saturated carbocycles. The van der Waals surface area contributed by atoms with Crippen molar-refractivity contribution in [2.45, 2.75) is 40.9 Å². The molecule has 144 valence electrons. The zero-order valence-electron chi connectivity index (χ0n) is 16.8. The van der Waals surface area contributed by atoms with Crippen molar-refractivity contribution in [3.63, 3.8) is 0 Å². The van der Waals surface area contributed by atoms with Crippen molar-refractivity contribution >= 4 is 11.6 Å². The SMILES string of the molecule is Cc1ccc(N2CN(Cc3cccnc3)Cn3c2nc(C)c(C)c3=O)cc1C. The maximum absolute atomic E-state index is 13.0. The molecule has 0 N–H and O–H groups in total. The Bertz CT molecular complexity index is 1070. The van der Waals surface area contributed by atoms with Crippen LogP contribution in [0.1, 0.15) is 27.9 Å². The van der Waals surface area contributed by atoms with Gasteiger partial charge in [0.1, 0.15) is 0 Å². The molecule has 1 aromatic carbocycles. The highest BCUT2D eigenvalue weighted by Crippen LogP contribution is 2.29. The Labute approximate surface area is 165 Å². The lowest BCUT2D eigenvalue weighted by atomic mass is 10.1. The number of fused-ring (bicyclic) bond motifs is 1. The van der Waals surface area contributed by atoms with E-state index in [4.69, 9.17) is 4.98 Å². The summed E-state index contributed by atoms with van der Waals surface area (Å²) in [4.78, 5) is 26.3. The summed E-state index contributed by atoms with van der Waals surface area (Å²) >= 11 is 0. The number of benzene rings is 1. The third-order valence-electron chi connectivity index (χ3n) is 5.47. The van der Waals surface area contributed by atoms with Crippen molar-refractivity contribution in [1.29, 1.82) is 0 Å². The number of hydrogen-bond acceptors (Lipinski definition) is 5. The number of aromatic nitrogens is 3. The summed E-state index contributed by atoms with van der Waals surface area (Å²) < 4.78 is 1.78. The van der Waals surface area contributed by atoms with E-state index in [9.17, 15) is 4.79 Å². The van der Waals surface area contributed by atoms with Gasteiger partial charge in [0.25, 0.3) is 5.56 Å². The Kier molecular flexibility index (Phi) is 4.73. The molecule has 0 bridgehead atoms. The van der Waals surface area contributed by atoms with Crippen LogP contribution in [-0.2, 0) is 13.2 Å². The Morgan fingerprint density at radius 2 is 1.86 bits per heavy atom. The third kappa shape index (κ3) is 3.31. The molecule has 4 rings (SSSR count). The maximum Gasteiger partial charge on any atom is 0.259 e. The Hall–Kier alpha value is -2.99. The van der Waals surface area contributed by atoms with E-state index in [0.717, 1.165) is 16.9 Å². The second kappa shape index (κ2) is 7.20. The quantitative estimate of drug-likeness (QED) is 0.702. The molecule has 0 radical (unpaired) electrons. The molecule has 2 aromatic heterocycles. The molecular weight excluding hydrogens is 350 g/mol. The maximum atomic E-state index is 13.0. The largest absolute Gasteiger partial charge is 0.298 e. The van der Waals surface area contributed by atoms with Gasteiger partial charge >= 0.3 is 0 Å². The number of nitrogens with zero attached hydrogens (tertiary/aromatic N) is 5. The predicted octanol–water partition coefficient (Wildman–Crippen LogP) is 3.44. The van der Waals surface area contributed by atoms with Crippen molar-refractivity contribution in [3.8, 4) is 0 Å². The lowest BCUT2D eigenvalue weighted by molar-refractivity contribution is 0.189. The second-order valence-corrected chi connectivity index (χ2v) is 7.53. The van der Waals surface area contributed by atoms with Crippen molar-refractivity contribution in [3.05, 3.63) is 81.0 Å². The zero-order chi connectivity index (χ0) is 19.8. The highest BCUT2D eigenvalue weighted by molar-refractivity contribution is 5.60. The molecule has 0 saturated heterocycles. The number of rotatable bonds is 3. The van der Waals surface area contributed by atoms with Crippen LogP contribution in [-0.4, -0.2) is 26.1 Å². The molecule has 0 atom stereocenters. The van der Waals surface area contributed by atoms with E-state index < -0.39 is 0 Å². The first kappa shape index (κ1) is 18.4. The summed E-state index contributed by atoms with van der Waals surface area (Å²) in [5.74, 6) is 0.707. The smallest absolute Gasteiger partial charge is 0.259 e. The van der Waals surface area contributed by atoms with E-state index in [1.165, 1.54) is 11.1 Å². The first-order valence-electron chi connectivity index (χ1n) is 9.48. The Balaban J connectivity index is 1.80. The molecule has 6 heteroatoms. The van der Waals surface area contributed by atoms with Crippen LogP contribution >= 0.6 is 0 Å². The standard InChI is InChI=1S/C22H25N5O/c1-15-7-8-20(10-16(15)2)26-13-25(12-19-6-5-9-23-11-19)14-27-21(28)17(3)18(4)24-22(26)27/h5-11H,12-14H2,1-4H3. The molecule has 0 aliphatic carbocycles. The first-order valence-corrected chi connectivity index (χ1v) is 9.48. The van der Waals surface area contributed by atoms with E-state index in [0.29, 0.717) is 31.4 Å². The summed E-state index contributed by atoms with van der Waals surface area (Å²) in [6.07, 6.45) is 3.65. The fourth-order valence-corrected chi connectivity index (χ4v) is 3.52. The van der Waals surface area contributed by atoms with Gasteiger partial charge in [0.15, 0.2) is 0 Å². The average molecular weight is 375 g/mol. The lowest BCUT2D eigenvalue weighted by Gasteiger charge is -2.38. The van der Waals surface area contributed by atoms with E-state index in [1.807, 2.05) is 26.1 Å². The average Bonchev–Trinajstić information content (AvgIpc) is 2.69. The first-order chi connectivity index (χ1) is 13.4. The van der Waals surface area contributed by atoms with Gasteiger partial charge in [0.2, 0.25) is 5.95 Å². The molecule has 0 fully saturated rings. The van der Waals surface area contributed by atoms with Gasteiger partial charge in [-0.05, 0) is 62.6 Å². The van der Waals surface area contributed by atoms with Gasteiger partial charge in [-0.15, -0.1) is 0 Å². The van der Waals surface area contributed by atoms with Crippen LogP contribution < -0.4 is 10.5 Å². The number of aryl methyl sites for hydroxylation is 3. The van der Waals surface area contributed by atoms with E-state index in [2.05, 4.69) is 52.9 Å². The van der Waals surface area contributed by atoms with Gasteiger partial charge in [0.05, 0.1) is 13.3 Å². The van der Waals surface area contributed by atoms with Crippen LogP contribution in [0.3, 0.4) is 0 Å². The molecule has 0 amide bonds. The number of hydrogen-bond donors (Lipinski definition) is 0. The van der Waals surface area contributed by atoms with Gasteiger partial charge in [0, 0.05) is 35.9 Å². The molecule has 3 aromatic rings. The Morgan fingerprint density at radius 1 is 1.04 bits per heavy atom. The van der Waals surface area contributed by atoms with Crippen LogP contribution in [0.4, 0.5) is 11.6 Å². The highest BCUT2D eigenvalue weighted by Gasteiger charge is 2.27. The van der Waals surface area contributed by atoms with Crippen molar-refractivity contribution in [2.75, 3.05) is 11.6 Å². The van der Waals surface area contributed by atoms with E-state index in [1.54, 1.807) is 10.8 Å². The monoisotopic (exact) mass is 375 g/mol. The van der Waals surface area contributed by atoms with Crippen LogP contribution in [0.5, 0.6) is 0 Å². The van der Waals surface area contributed by atoms with Gasteiger partial charge in [-0.1, -0.05) is 12.1 Å². The zero-order valence-corrected chi connectivity index (χ0v) is 16.8. The molecule has 1 aliphatic heterocycles. The summed E-state index contributed by atoms with van der Waals surface area (Å²) in [5.41, 5.74) is 6.14. The topological polar surface area (TPSA) is 54.3 Å². The van der Waals surface area contributed by atoms with Crippen LogP contribution in [0.2, 0.25) is 0 Å². The van der Waals surface area contributed by atoms with Crippen LogP contribution in [0.25, 0.3) is 0 Å². The normalized spacial score (nSPS) is 14.2. The summed E-state index contributed by atoms with van der Waals surface area (Å²) in [6.45, 7) is 9.85. The van der Waals surface area contributed by atoms with E-state index in [-0.39, 0.29) is 5.56 Å². The summed E-state index contributed by atoms with van der Waals surface area (Å²) in [7, 11) is 0. The van der Waals surface area contributed by atoms with Crippen LogP contribution in [0.15, 0.2) is 47.5 Å². The van der Waals surface area contributed by atoms with Crippen molar-refractivity contribution < 1.29 is 0 Å². The number of pyridine rings is 1. The number of anilines is 2. The van der Waals surface area contributed by atoms with Gasteiger partial charge in [-0.25, -0.2) is 4.98 Å². The molecule has 3 heterocycles.